The summed E-state index contributed by atoms with van der Waals surface area (Å²) in [7, 11) is -3.89. The molecule has 1 N–H and O–H groups in total. The molecule has 0 saturated heterocycles. The van der Waals surface area contributed by atoms with E-state index in [4.69, 9.17) is 0 Å². The third-order valence-electron chi connectivity index (χ3n) is 3.76. The first kappa shape index (κ1) is 16.3. The van der Waals surface area contributed by atoms with Crippen LogP contribution in [-0.4, -0.2) is 15.0 Å². The predicted molar refractivity (Wildman–Crippen MR) is 73.2 cm³/mol. The van der Waals surface area contributed by atoms with Gasteiger partial charge in [-0.05, 0) is 37.0 Å². The summed E-state index contributed by atoms with van der Waals surface area (Å²) in [4.78, 5) is -0.340. The number of alkyl halides is 3. The lowest BCUT2D eigenvalue weighted by atomic mass is 9.90. The minimum absolute atomic E-state index is 0.277. The van der Waals surface area contributed by atoms with Crippen LogP contribution in [0.25, 0.3) is 0 Å². The van der Waals surface area contributed by atoms with Crippen LogP contribution in [0.3, 0.4) is 0 Å². The molecule has 7 heteroatoms. The molecule has 1 aliphatic carbocycles. The average molecular weight is 321 g/mol. The van der Waals surface area contributed by atoms with Crippen LogP contribution in [-0.2, 0) is 16.2 Å². The van der Waals surface area contributed by atoms with E-state index in [1.165, 1.54) is 6.07 Å². The first-order chi connectivity index (χ1) is 9.79. The normalized spacial score (nSPS) is 17.9. The molecular weight excluding hydrogens is 303 g/mol. The van der Waals surface area contributed by atoms with Crippen LogP contribution in [0.5, 0.6) is 0 Å². The van der Waals surface area contributed by atoms with E-state index in [1.807, 2.05) is 0 Å². The zero-order valence-electron chi connectivity index (χ0n) is 11.5. The molecule has 2 rings (SSSR count). The van der Waals surface area contributed by atoms with E-state index in [0.29, 0.717) is 12.6 Å². The lowest BCUT2D eigenvalue weighted by molar-refractivity contribution is -0.137. The highest BCUT2D eigenvalue weighted by atomic mass is 32.2. The third kappa shape index (κ3) is 4.44. The van der Waals surface area contributed by atoms with Crippen LogP contribution < -0.4 is 4.72 Å². The van der Waals surface area contributed by atoms with Gasteiger partial charge in [0.05, 0.1) is 10.5 Å². The molecule has 118 valence electrons. The molecule has 21 heavy (non-hydrogen) atoms. The molecule has 0 radical (unpaired) electrons. The summed E-state index contributed by atoms with van der Waals surface area (Å²) in [5.74, 6) is 0.277. The van der Waals surface area contributed by atoms with Crippen molar-refractivity contribution in [1.29, 1.82) is 0 Å². The van der Waals surface area contributed by atoms with E-state index in [0.717, 1.165) is 44.2 Å². The fourth-order valence-electron chi connectivity index (χ4n) is 2.54. The molecule has 0 unspecified atom stereocenters. The standard InChI is InChI=1S/C14H18F3NO2S/c15-14(16,17)12-7-4-8-13(9-12)21(19,20)18-10-11-5-2-1-3-6-11/h4,7-9,11,18H,1-3,5-6,10H2. The highest BCUT2D eigenvalue weighted by Crippen LogP contribution is 2.30. The quantitative estimate of drug-likeness (QED) is 0.921. The van der Waals surface area contributed by atoms with Crippen molar-refractivity contribution in [3.8, 4) is 0 Å². The molecule has 0 heterocycles. The SMILES string of the molecule is O=S(=O)(NCC1CCCCC1)c1cccc(C(F)(F)F)c1. The van der Waals surface area contributed by atoms with Crippen LogP contribution in [0.15, 0.2) is 29.2 Å². The Morgan fingerprint density at radius 1 is 1.14 bits per heavy atom. The molecule has 0 spiro atoms. The number of benzene rings is 1. The second-order valence-electron chi connectivity index (χ2n) is 5.38. The number of hydrogen-bond donors (Lipinski definition) is 1. The lowest BCUT2D eigenvalue weighted by Crippen LogP contribution is -2.30. The maximum absolute atomic E-state index is 12.6. The summed E-state index contributed by atoms with van der Waals surface area (Å²) in [5, 5.41) is 0. The molecule has 1 aromatic carbocycles. The topological polar surface area (TPSA) is 46.2 Å². The van der Waals surface area contributed by atoms with Gasteiger partial charge >= 0.3 is 6.18 Å². The molecule has 0 bridgehead atoms. The Morgan fingerprint density at radius 2 is 1.81 bits per heavy atom. The number of hydrogen-bond acceptors (Lipinski definition) is 2. The first-order valence-corrected chi connectivity index (χ1v) is 8.44. The van der Waals surface area contributed by atoms with Gasteiger partial charge in [-0.2, -0.15) is 13.2 Å². The number of halogens is 3. The van der Waals surface area contributed by atoms with Gasteiger partial charge in [-0.3, -0.25) is 0 Å². The Morgan fingerprint density at radius 3 is 2.43 bits per heavy atom. The summed E-state index contributed by atoms with van der Waals surface area (Å²) in [5.41, 5.74) is -0.956. The smallest absolute Gasteiger partial charge is 0.211 e. The second kappa shape index (κ2) is 6.36. The monoisotopic (exact) mass is 321 g/mol. The zero-order valence-corrected chi connectivity index (χ0v) is 12.3. The van der Waals surface area contributed by atoms with Gasteiger partial charge in [-0.1, -0.05) is 25.3 Å². The van der Waals surface area contributed by atoms with Crippen molar-refractivity contribution >= 4 is 10.0 Å². The summed E-state index contributed by atoms with van der Waals surface area (Å²) in [6.45, 7) is 0.290. The fraction of sp³-hybridized carbons (Fsp3) is 0.571. The van der Waals surface area contributed by atoms with E-state index in [9.17, 15) is 21.6 Å². The summed E-state index contributed by atoms with van der Waals surface area (Å²) in [6.07, 6.45) is 0.702. The van der Waals surface area contributed by atoms with E-state index in [-0.39, 0.29) is 10.8 Å². The zero-order chi connectivity index (χ0) is 15.5. The van der Waals surface area contributed by atoms with Crippen LogP contribution in [0.1, 0.15) is 37.7 Å². The number of sulfonamides is 1. The van der Waals surface area contributed by atoms with Crippen LogP contribution >= 0.6 is 0 Å². The van der Waals surface area contributed by atoms with Crippen LogP contribution in [0.4, 0.5) is 13.2 Å². The van der Waals surface area contributed by atoms with Crippen molar-refractivity contribution in [2.75, 3.05) is 6.54 Å². The highest BCUT2D eigenvalue weighted by Gasteiger charge is 2.31. The first-order valence-electron chi connectivity index (χ1n) is 6.96. The highest BCUT2D eigenvalue weighted by molar-refractivity contribution is 7.89. The largest absolute Gasteiger partial charge is 0.416 e. The fourth-order valence-corrected chi connectivity index (χ4v) is 3.70. The predicted octanol–water partition coefficient (Wildman–Crippen LogP) is 3.56. The molecule has 0 atom stereocenters. The Hall–Kier alpha value is -1.08. The number of nitrogens with one attached hydrogen (secondary N) is 1. The summed E-state index contributed by atoms with van der Waals surface area (Å²) in [6, 6.07) is 3.82. The average Bonchev–Trinajstić information content (AvgIpc) is 2.46. The van der Waals surface area contributed by atoms with Crippen molar-refractivity contribution in [3.05, 3.63) is 29.8 Å². The summed E-state index contributed by atoms with van der Waals surface area (Å²) >= 11 is 0. The van der Waals surface area contributed by atoms with Crippen molar-refractivity contribution in [2.45, 2.75) is 43.2 Å². The maximum Gasteiger partial charge on any atom is 0.416 e. The molecule has 1 saturated carbocycles. The third-order valence-corrected chi connectivity index (χ3v) is 5.18. The van der Waals surface area contributed by atoms with E-state index in [2.05, 4.69) is 4.72 Å². The molecule has 1 fully saturated rings. The van der Waals surface area contributed by atoms with Gasteiger partial charge in [0.1, 0.15) is 0 Å². The minimum atomic E-state index is -4.55. The Balaban J connectivity index is 2.08. The molecule has 0 aromatic heterocycles. The molecule has 1 aromatic rings. The number of rotatable bonds is 4. The Kier molecular flexibility index (Phi) is 4.93. The van der Waals surface area contributed by atoms with E-state index >= 15 is 0 Å². The lowest BCUT2D eigenvalue weighted by Gasteiger charge is -2.21. The molecule has 3 nitrogen and oxygen atoms in total. The van der Waals surface area contributed by atoms with Crippen molar-refractivity contribution < 1.29 is 21.6 Å². The van der Waals surface area contributed by atoms with Crippen molar-refractivity contribution in [1.82, 2.24) is 4.72 Å². The molecule has 1 aliphatic rings. The molecular formula is C14H18F3NO2S. The maximum atomic E-state index is 12.6. The van der Waals surface area contributed by atoms with E-state index in [1.54, 1.807) is 0 Å². The molecule has 0 aliphatic heterocycles. The van der Waals surface area contributed by atoms with Crippen LogP contribution in [0.2, 0.25) is 0 Å². The Labute approximate surface area is 122 Å². The Bertz CT molecular complexity index is 578. The van der Waals surface area contributed by atoms with Gasteiger partial charge in [0.25, 0.3) is 0 Å². The second-order valence-corrected chi connectivity index (χ2v) is 7.15. The van der Waals surface area contributed by atoms with E-state index < -0.39 is 21.8 Å². The summed E-state index contributed by atoms with van der Waals surface area (Å²) < 4.78 is 64.4. The van der Waals surface area contributed by atoms with Gasteiger partial charge in [0.15, 0.2) is 0 Å². The van der Waals surface area contributed by atoms with Crippen molar-refractivity contribution in [3.63, 3.8) is 0 Å². The van der Waals surface area contributed by atoms with Crippen LogP contribution in [0, 0.1) is 5.92 Å². The minimum Gasteiger partial charge on any atom is -0.211 e. The van der Waals surface area contributed by atoms with Gasteiger partial charge in [-0.15, -0.1) is 0 Å². The van der Waals surface area contributed by atoms with Crippen molar-refractivity contribution in [2.24, 2.45) is 5.92 Å². The van der Waals surface area contributed by atoms with Gasteiger partial charge < -0.3 is 0 Å². The van der Waals surface area contributed by atoms with Gasteiger partial charge in [0, 0.05) is 6.54 Å². The van der Waals surface area contributed by atoms with Gasteiger partial charge in [0.2, 0.25) is 10.0 Å². The van der Waals surface area contributed by atoms with Gasteiger partial charge in [-0.25, -0.2) is 13.1 Å². The molecule has 0 amide bonds.